The second-order valence-electron chi connectivity index (χ2n) is 6.36. The summed E-state index contributed by atoms with van der Waals surface area (Å²) in [5, 5.41) is 0. The van der Waals surface area contributed by atoms with Crippen molar-refractivity contribution >= 4 is 0 Å². The van der Waals surface area contributed by atoms with Gasteiger partial charge in [-0.2, -0.15) is 0 Å². The second kappa shape index (κ2) is 4.49. The van der Waals surface area contributed by atoms with E-state index in [-0.39, 0.29) is 11.5 Å². The lowest BCUT2D eigenvalue weighted by Crippen LogP contribution is -2.30. The third-order valence-electron chi connectivity index (χ3n) is 4.01. The van der Waals surface area contributed by atoms with Crippen LogP contribution >= 0.6 is 0 Å². The van der Waals surface area contributed by atoms with Crippen LogP contribution in [0.4, 0.5) is 0 Å². The molecule has 1 unspecified atom stereocenters. The van der Waals surface area contributed by atoms with Crippen molar-refractivity contribution in [1.82, 2.24) is 9.55 Å². The quantitative estimate of drug-likeness (QED) is 0.896. The van der Waals surface area contributed by atoms with Crippen molar-refractivity contribution in [3.8, 4) is 0 Å². The number of fused-ring (bicyclic) bond motifs is 1. The molecule has 2 N–H and O–H groups in total. The van der Waals surface area contributed by atoms with Gasteiger partial charge in [-0.15, -0.1) is 0 Å². The van der Waals surface area contributed by atoms with Crippen LogP contribution in [0.2, 0.25) is 0 Å². The summed E-state index contributed by atoms with van der Waals surface area (Å²) < 4.78 is 2.33. The molecular formula is C16H21N3. The van der Waals surface area contributed by atoms with Crippen molar-refractivity contribution in [2.24, 2.45) is 11.1 Å². The molecule has 3 heteroatoms. The third kappa shape index (κ3) is 2.43. The van der Waals surface area contributed by atoms with Gasteiger partial charge in [0.25, 0.3) is 0 Å². The van der Waals surface area contributed by atoms with Crippen LogP contribution in [0.5, 0.6) is 0 Å². The van der Waals surface area contributed by atoms with Gasteiger partial charge in [-0.1, -0.05) is 19.9 Å². The van der Waals surface area contributed by atoms with E-state index in [9.17, 15) is 0 Å². The molecule has 0 spiro atoms. The van der Waals surface area contributed by atoms with Gasteiger partial charge in [0.2, 0.25) is 0 Å². The highest BCUT2D eigenvalue weighted by Crippen LogP contribution is 2.40. The van der Waals surface area contributed by atoms with Gasteiger partial charge in [0.05, 0.1) is 0 Å². The van der Waals surface area contributed by atoms with Crippen molar-refractivity contribution in [2.45, 2.75) is 39.3 Å². The van der Waals surface area contributed by atoms with E-state index >= 15 is 0 Å². The molecule has 1 atom stereocenters. The van der Waals surface area contributed by atoms with Crippen LogP contribution in [-0.2, 0) is 13.0 Å². The van der Waals surface area contributed by atoms with E-state index in [2.05, 4.69) is 41.7 Å². The lowest BCUT2D eigenvalue weighted by atomic mass is 9.74. The van der Waals surface area contributed by atoms with Gasteiger partial charge < -0.3 is 10.3 Å². The molecule has 3 rings (SSSR count). The number of hydrogen-bond acceptors (Lipinski definition) is 2. The van der Waals surface area contributed by atoms with Crippen molar-refractivity contribution < 1.29 is 0 Å². The maximum Gasteiger partial charge on any atom is 0.0488 e. The van der Waals surface area contributed by atoms with Crippen molar-refractivity contribution in [2.75, 3.05) is 0 Å². The van der Waals surface area contributed by atoms with Crippen LogP contribution in [0, 0.1) is 5.41 Å². The SMILES string of the molecule is CC1(C)Cc2c(ccn2Cc2cccnc2)C(N)C1. The summed E-state index contributed by atoms with van der Waals surface area (Å²) in [5.74, 6) is 0. The number of pyridine rings is 1. The number of nitrogens with two attached hydrogens (primary N) is 1. The zero-order valence-electron chi connectivity index (χ0n) is 11.6. The van der Waals surface area contributed by atoms with Crippen LogP contribution in [0.15, 0.2) is 36.8 Å². The minimum absolute atomic E-state index is 0.175. The van der Waals surface area contributed by atoms with Crippen LogP contribution in [0.3, 0.4) is 0 Å². The highest BCUT2D eigenvalue weighted by atomic mass is 15.0. The summed E-state index contributed by atoms with van der Waals surface area (Å²) in [7, 11) is 0. The van der Waals surface area contributed by atoms with E-state index in [1.54, 1.807) is 0 Å². The van der Waals surface area contributed by atoms with Gasteiger partial charge in [0.15, 0.2) is 0 Å². The van der Waals surface area contributed by atoms with Crippen molar-refractivity contribution in [1.29, 1.82) is 0 Å². The topological polar surface area (TPSA) is 43.8 Å². The first kappa shape index (κ1) is 12.4. The molecule has 0 aliphatic heterocycles. The molecule has 2 aromatic heterocycles. The summed E-state index contributed by atoms with van der Waals surface area (Å²) in [5.41, 5.74) is 10.5. The molecule has 0 saturated heterocycles. The molecule has 0 amide bonds. The number of aromatic nitrogens is 2. The molecule has 1 aliphatic rings. The highest BCUT2D eigenvalue weighted by Gasteiger charge is 2.32. The Morgan fingerprint density at radius 1 is 1.42 bits per heavy atom. The fourth-order valence-electron chi connectivity index (χ4n) is 3.13. The van der Waals surface area contributed by atoms with Gasteiger partial charge in [-0.05, 0) is 41.5 Å². The Labute approximate surface area is 114 Å². The monoisotopic (exact) mass is 255 g/mol. The zero-order valence-corrected chi connectivity index (χ0v) is 11.6. The summed E-state index contributed by atoms with van der Waals surface area (Å²) in [6.45, 7) is 5.49. The van der Waals surface area contributed by atoms with Gasteiger partial charge in [-0.3, -0.25) is 4.98 Å². The Morgan fingerprint density at radius 3 is 3.00 bits per heavy atom. The van der Waals surface area contributed by atoms with Gasteiger partial charge in [-0.25, -0.2) is 0 Å². The first-order valence-corrected chi connectivity index (χ1v) is 6.87. The molecule has 100 valence electrons. The predicted octanol–water partition coefficient (Wildman–Crippen LogP) is 2.90. The van der Waals surface area contributed by atoms with E-state index in [4.69, 9.17) is 5.73 Å². The molecule has 0 bridgehead atoms. The lowest BCUT2D eigenvalue weighted by Gasteiger charge is -2.34. The highest BCUT2D eigenvalue weighted by molar-refractivity contribution is 5.31. The summed E-state index contributed by atoms with van der Waals surface area (Å²) in [6.07, 6.45) is 8.08. The van der Waals surface area contributed by atoms with Gasteiger partial charge >= 0.3 is 0 Å². The zero-order chi connectivity index (χ0) is 13.5. The van der Waals surface area contributed by atoms with Crippen LogP contribution in [-0.4, -0.2) is 9.55 Å². The molecule has 3 nitrogen and oxygen atoms in total. The van der Waals surface area contributed by atoms with E-state index in [1.165, 1.54) is 16.8 Å². The van der Waals surface area contributed by atoms with Gasteiger partial charge in [0.1, 0.15) is 0 Å². The molecule has 19 heavy (non-hydrogen) atoms. The molecule has 0 aromatic carbocycles. The molecule has 2 aromatic rings. The summed E-state index contributed by atoms with van der Waals surface area (Å²) >= 11 is 0. The van der Waals surface area contributed by atoms with Crippen molar-refractivity contribution in [3.63, 3.8) is 0 Å². The Bertz CT molecular complexity index is 569. The average molecular weight is 255 g/mol. The van der Waals surface area contributed by atoms with Crippen LogP contribution < -0.4 is 5.73 Å². The first-order valence-electron chi connectivity index (χ1n) is 6.87. The minimum Gasteiger partial charge on any atom is -0.347 e. The Kier molecular flexibility index (Phi) is 2.94. The lowest BCUT2D eigenvalue weighted by molar-refractivity contribution is 0.276. The maximum absolute atomic E-state index is 6.30. The summed E-state index contributed by atoms with van der Waals surface area (Å²) in [4.78, 5) is 4.18. The fourth-order valence-corrected chi connectivity index (χ4v) is 3.13. The number of nitrogens with zero attached hydrogens (tertiary/aromatic N) is 2. The van der Waals surface area contributed by atoms with Crippen LogP contribution in [0.25, 0.3) is 0 Å². The first-order chi connectivity index (χ1) is 9.05. The molecular weight excluding hydrogens is 234 g/mol. The fraction of sp³-hybridized carbons (Fsp3) is 0.438. The third-order valence-corrected chi connectivity index (χ3v) is 4.01. The Hall–Kier alpha value is -1.61. The minimum atomic E-state index is 0.175. The number of hydrogen-bond donors (Lipinski definition) is 1. The predicted molar refractivity (Wildman–Crippen MR) is 76.8 cm³/mol. The van der Waals surface area contributed by atoms with E-state index in [0.717, 1.165) is 19.4 Å². The van der Waals surface area contributed by atoms with E-state index in [0.29, 0.717) is 0 Å². The standard InChI is InChI=1S/C16H21N3/c1-16(2)8-14(17)13-5-7-19(15(13)9-16)11-12-4-3-6-18-10-12/h3-7,10,14H,8-9,11,17H2,1-2H3. The summed E-state index contributed by atoms with van der Waals surface area (Å²) in [6, 6.07) is 6.47. The second-order valence-corrected chi connectivity index (χ2v) is 6.36. The van der Waals surface area contributed by atoms with E-state index in [1.807, 2.05) is 18.5 Å². The molecule has 0 saturated carbocycles. The molecule has 0 fully saturated rings. The van der Waals surface area contributed by atoms with Crippen molar-refractivity contribution in [3.05, 3.63) is 53.6 Å². The maximum atomic E-state index is 6.30. The van der Waals surface area contributed by atoms with Crippen LogP contribution in [0.1, 0.15) is 43.1 Å². The van der Waals surface area contributed by atoms with E-state index < -0.39 is 0 Å². The smallest absolute Gasteiger partial charge is 0.0488 e. The largest absolute Gasteiger partial charge is 0.347 e. The normalized spacial score (nSPS) is 21.1. The molecule has 0 radical (unpaired) electrons. The average Bonchev–Trinajstić information content (AvgIpc) is 2.72. The Balaban J connectivity index is 1.93. The number of rotatable bonds is 2. The Morgan fingerprint density at radius 2 is 2.26 bits per heavy atom. The van der Waals surface area contributed by atoms with Gasteiger partial charge in [0, 0.05) is 36.9 Å². The molecule has 2 heterocycles. The molecule has 1 aliphatic carbocycles.